The van der Waals surface area contributed by atoms with Crippen LogP contribution in [0.25, 0.3) is 0 Å². The summed E-state index contributed by atoms with van der Waals surface area (Å²) in [5.41, 5.74) is 2.71. The van der Waals surface area contributed by atoms with Crippen LogP contribution in [-0.4, -0.2) is 11.2 Å². The molecule has 0 saturated heterocycles. The van der Waals surface area contributed by atoms with Gasteiger partial charge in [-0.3, -0.25) is 0 Å². The van der Waals surface area contributed by atoms with Gasteiger partial charge in [-0.2, -0.15) is 0 Å². The molecule has 0 radical (unpaired) electrons. The summed E-state index contributed by atoms with van der Waals surface area (Å²) in [6.45, 7) is 4.39. The Bertz CT molecular complexity index is 435. The lowest BCUT2D eigenvalue weighted by Gasteiger charge is -2.26. The zero-order valence-electron chi connectivity index (χ0n) is 13.3. The number of rotatable bonds is 5. The number of aryl methyl sites for hydroxylation is 1. The Morgan fingerprint density at radius 2 is 1.86 bits per heavy atom. The molecule has 1 saturated carbocycles. The Balaban J connectivity index is 1.82. The average Bonchev–Trinajstić information content (AvgIpc) is 2.49. The van der Waals surface area contributed by atoms with Crippen LogP contribution in [0.4, 0.5) is 0 Å². The summed E-state index contributed by atoms with van der Waals surface area (Å²) >= 11 is 5.46. The number of thiocarbonyl (C=S) groups is 1. The zero-order valence-corrected chi connectivity index (χ0v) is 14.1. The molecule has 1 aliphatic carbocycles. The standard InChI is InChI=1S/C18H28N2S/c1-3-7-15-10-12-16(13-11-15)14(2)19-18(21)20-17-8-5-4-6-9-17/h10-14,17H,3-9H2,1-2H3,(H2,19,20,21)/t14-/m0/s1. The molecule has 2 rings (SSSR count). The van der Waals surface area contributed by atoms with Gasteiger partial charge >= 0.3 is 0 Å². The number of nitrogens with one attached hydrogen (secondary N) is 2. The van der Waals surface area contributed by atoms with Gasteiger partial charge in [0, 0.05) is 6.04 Å². The van der Waals surface area contributed by atoms with Crippen LogP contribution < -0.4 is 10.6 Å². The van der Waals surface area contributed by atoms with Crippen molar-refractivity contribution in [2.24, 2.45) is 0 Å². The van der Waals surface area contributed by atoms with Crippen molar-refractivity contribution in [3.8, 4) is 0 Å². The highest BCUT2D eigenvalue weighted by atomic mass is 32.1. The van der Waals surface area contributed by atoms with Crippen LogP contribution in [0.3, 0.4) is 0 Å². The first-order valence-corrected chi connectivity index (χ1v) is 8.75. The first kappa shape index (κ1) is 16.3. The van der Waals surface area contributed by atoms with Gasteiger partial charge in [-0.25, -0.2) is 0 Å². The minimum Gasteiger partial charge on any atom is -0.360 e. The van der Waals surface area contributed by atoms with Gasteiger partial charge in [0.25, 0.3) is 0 Å². The van der Waals surface area contributed by atoms with Crippen LogP contribution in [0, 0.1) is 0 Å². The van der Waals surface area contributed by atoms with Crippen molar-refractivity contribution >= 4 is 17.3 Å². The molecule has 1 atom stereocenters. The van der Waals surface area contributed by atoms with E-state index in [9.17, 15) is 0 Å². The Labute approximate surface area is 134 Å². The van der Waals surface area contributed by atoms with Crippen LogP contribution in [0.1, 0.15) is 69.5 Å². The van der Waals surface area contributed by atoms with Crippen LogP contribution in [0.2, 0.25) is 0 Å². The molecule has 0 spiro atoms. The molecule has 0 amide bonds. The van der Waals surface area contributed by atoms with E-state index in [-0.39, 0.29) is 6.04 Å². The smallest absolute Gasteiger partial charge is 0.166 e. The molecule has 0 aliphatic heterocycles. The van der Waals surface area contributed by atoms with Gasteiger partial charge in [-0.05, 0) is 49.5 Å². The lowest BCUT2D eigenvalue weighted by atomic mass is 9.96. The van der Waals surface area contributed by atoms with Gasteiger partial charge in [0.1, 0.15) is 0 Å². The normalized spacial score (nSPS) is 17.2. The maximum absolute atomic E-state index is 5.46. The van der Waals surface area contributed by atoms with E-state index in [0.717, 1.165) is 11.5 Å². The molecule has 2 nitrogen and oxygen atoms in total. The van der Waals surface area contributed by atoms with E-state index >= 15 is 0 Å². The van der Waals surface area contributed by atoms with E-state index in [1.807, 2.05) is 0 Å². The largest absolute Gasteiger partial charge is 0.360 e. The second-order valence-electron chi connectivity index (χ2n) is 6.17. The minimum atomic E-state index is 0.254. The Hall–Kier alpha value is -1.09. The van der Waals surface area contributed by atoms with Crippen molar-refractivity contribution in [2.75, 3.05) is 0 Å². The van der Waals surface area contributed by atoms with Gasteiger partial charge < -0.3 is 10.6 Å². The van der Waals surface area contributed by atoms with Crippen molar-refractivity contribution in [1.29, 1.82) is 0 Å². The van der Waals surface area contributed by atoms with Gasteiger partial charge in [-0.15, -0.1) is 0 Å². The molecule has 0 unspecified atom stereocenters. The maximum Gasteiger partial charge on any atom is 0.166 e. The molecule has 3 heteroatoms. The highest BCUT2D eigenvalue weighted by molar-refractivity contribution is 7.80. The summed E-state index contributed by atoms with van der Waals surface area (Å²) in [4.78, 5) is 0. The van der Waals surface area contributed by atoms with Gasteiger partial charge in [0.15, 0.2) is 5.11 Å². The molecule has 0 bridgehead atoms. The van der Waals surface area contributed by atoms with Crippen molar-refractivity contribution in [3.05, 3.63) is 35.4 Å². The van der Waals surface area contributed by atoms with Gasteiger partial charge in [0.05, 0.1) is 6.04 Å². The highest BCUT2D eigenvalue weighted by Crippen LogP contribution is 2.18. The van der Waals surface area contributed by atoms with E-state index in [2.05, 4.69) is 48.7 Å². The van der Waals surface area contributed by atoms with Crippen LogP contribution in [-0.2, 0) is 6.42 Å². The Kier molecular flexibility index (Phi) is 6.50. The fourth-order valence-corrected chi connectivity index (χ4v) is 3.36. The van der Waals surface area contributed by atoms with E-state index in [1.165, 1.54) is 49.7 Å². The molecule has 0 heterocycles. The zero-order chi connectivity index (χ0) is 15.1. The van der Waals surface area contributed by atoms with Crippen LogP contribution in [0.15, 0.2) is 24.3 Å². The van der Waals surface area contributed by atoms with Crippen molar-refractivity contribution in [1.82, 2.24) is 10.6 Å². The van der Waals surface area contributed by atoms with Crippen LogP contribution >= 0.6 is 12.2 Å². The summed E-state index contributed by atoms with van der Waals surface area (Å²) < 4.78 is 0. The molecule has 116 valence electrons. The maximum atomic E-state index is 5.46. The summed E-state index contributed by atoms with van der Waals surface area (Å²) in [6.07, 6.45) is 8.89. The van der Waals surface area contributed by atoms with Crippen molar-refractivity contribution < 1.29 is 0 Å². The average molecular weight is 305 g/mol. The predicted molar refractivity (Wildman–Crippen MR) is 94.6 cm³/mol. The second-order valence-corrected chi connectivity index (χ2v) is 6.57. The molecule has 21 heavy (non-hydrogen) atoms. The highest BCUT2D eigenvalue weighted by Gasteiger charge is 2.15. The first-order valence-electron chi connectivity index (χ1n) is 8.35. The Morgan fingerprint density at radius 1 is 1.19 bits per heavy atom. The first-order chi connectivity index (χ1) is 10.2. The Morgan fingerprint density at radius 3 is 2.48 bits per heavy atom. The topological polar surface area (TPSA) is 24.1 Å². The van der Waals surface area contributed by atoms with E-state index < -0.39 is 0 Å². The summed E-state index contributed by atoms with van der Waals surface area (Å²) in [6, 6.07) is 9.71. The molecule has 1 fully saturated rings. The van der Waals surface area contributed by atoms with E-state index in [1.54, 1.807) is 0 Å². The summed E-state index contributed by atoms with van der Waals surface area (Å²) in [5, 5.41) is 7.68. The third-order valence-electron chi connectivity index (χ3n) is 4.31. The third kappa shape index (κ3) is 5.31. The molecular weight excluding hydrogens is 276 g/mol. The lowest BCUT2D eigenvalue weighted by molar-refractivity contribution is 0.411. The molecule has 2 N–H and O–H groups in total. The number of hydrogen-bond donors (Lipinski definition) is 2. The fourth-order valence-electron chi connectivity index (χ4n) is 3.02. The monoisotopic (exact) mass is 304 g/mol. The van der Waals surface area contributed by atoms with Gasteiger partial charge in [0.2, 0.25) is 0 Å². The molecule has 1 aliphatic rings. The van der Waals surface area contributed by atoms with Crippen molar-refractivity contribution in [2.45, 2.75) is 70.9 Å². The molecular formula is C18H28N2S. The number of hydrogen-bond acceptors (Lipinski definition) is 1. The SMILES string of the molecule is CCCc1ccc([C@H](C)NC(=S)NC2CCCCC2)cc1. The summed E-state index contributed by atoms with van der Waals surface area (Å²) in [7, 11) is 0. The van der Waals surface area contributed by atoms with E-state index in [4.69, 9.17) is 12.2 Å². The summed E-state index contributed by atoms with van der Waals surface area (Å²) in [5.74, 6) is 0. The molecule has 1 aromatic rings. The molecule has 1 aromatic carbocycles. The minimum absolute atomic E-state index is 0.254. The van der Waals surface area contributed by atoms with Crippen LogP contribution in [0.5, 0.6) is 0 Å². The third-order valence-corrected chi connectivity index (χ3v) is 4.54. The second kappa shape index (κ2) is 8.38. The fraction of sp³-hybridized carbons (Fsp3) is 0.611. The molecule has 0 aromatic heterocycles. The number of benzene rings is 1. The van der Waals surface area contributed by atoms with Gasteiger partial charge in [-0.1, -0.05) is 56.9 Å². The van der Waals surface area contributed by atoms with E-state index in [0.29, 0.717) is 6.04 Å². The lowest BCUT2D eigenvalue weighted by Crippen LogP contribution is -2.43. The van der Waals surface area contributed by atoms with Crippen molar-refractivity contribution in [3.63, 3.8) is 0 Å². The predicted octanol–water partition coefficient (Wildman–Crippen LogP) is 4.50. The quantitative estimate of drug-likeness (QED) is 0.783.